The minimum atomic E-state index is -3.22. The number of sulfone groups is 1. The van der Waals surface area contributed by atoms with Gasteiger partial charge in [-0.2, -0.15) is 0 Å². The van der Waals surface area contributed by atoms with Crippen LogP contribution in [0.4, 0.5) is 0 Å². The Hall–Kier alpha value is -1.81. The van der Waals surface area contributed by atoms with E-state index in [1.54, 1.807) is 18.2 Å². The zero-order valence-corrected chi connectivity index (χ0v) is 13.6. The van der Waals surface area contributed by atoms with E-state index in [1.165, 1.54) is 17.9 Å². The topological polar surface area (TPSA) is 43.4 Å². The summed E-state index contributed by atoms with van der Waals surface area (Å²) < 4.78 is 28.8. The Labute approximate surface area is 126 Å². The van der Waals surface area contributed by atoms with Crippen LogP contribution in [-0.2, 0) is 15.3 Å². The second-order valence-electron chi connectivity index (χ2n) is 6.12. The Morgan fingerprint density at radius 3 is 2.05 bits per heavy atom. The Morgan fingerprint density at radius 2 is 1.52 bits per heavy atom. The van der Waals surface area contributed by atoms with Crippen molar-refractivity contribution in [3.8, 4) is 11.5 Å². The predicted molar refractivity (Wildman–Crippen MR) is 84.8 cm³/mol. The van der Waals surface area contributed by atoms with Crippen LogP contribution in [0.5, 0.6) is 11.5 Å². The van der Waals surface area contributed by atoms with Gasteiger partial charge in [-0.05, 0) is 41.3 Å². The van der Waals surface area contributed by atoms with Crippen LogP contribution in [0.2, 0.25) is 0 Å². The summed E-state index contributed by atoms with van der Waals surface area (Å²) in [6, 6.07) is 14.4. The minimum Gasteiger partial charge on any atom is -0.457 e. The van der Waals surface area contributed by atoms with Gasteiger partial charge in [0.25, 0.3) is 0 Å². The molecule has 0 radical (unpaired) electrons. The lowest BCUT2D eigenvalue weighted by Crippen LogP contribution is -2.10. The Balaban J connectivity index is 2.23. The van der Waals surface area contributed by atoms with Crippen molar-refractivity contribution in [1.82, 2.24) is 0 Å². The summed E-state index contributed by atoms with van der Waals surface area (Å²) in [5.41, 5.74) is 1.31. The largest absolute Gasteiger partial charge is 0.457 e. The van der Waals surface area contributed by atoms with E-state index in [1.807, 2.05) is 24.3 Å². The van der Waals surface area contributed by atoms with E-state index in [4.69, 9.17) is 4.74 Å². The molecule has 2 rings (SSSR count). The third-order valence-electron chi connectivity index (χ3n) is 3.19. The standard InChI is InChI=1S/C17H20O3S/c1-17(2,3)13-8-10-14(11-9-13)20-15-6-5-7-16(12-15)21(4,18)19/h5-12H,1-4H3. The number of rotatable bonds is 3. The van der Waals surface area contributed by atoms with Gasteiger partial charge in [0.2, 0.25) is 0 Å². The van der Waals surface area contributed by atoms with Crippen LogP contribution in [0.15, 0.2) is 53.4 Å². The van der Waals surface area contributed by atoms with Crippen LogP contribution in [0.1, 0.15) is 26.3 Å². The molecule has 0 saturated carbocycles. The zero-order valence-electron chi connectivity index (χ0n) is 12.8. The van der Waals surface area contributed by atoms with Gasteiger partial charge in [0.15, 0.2) is 9.84 Å². The van der Waals surface area contributed by atoms with Crippen molar-refractivity contribution < 1.29 is 13.2 Å². The highest BCUT2D eigenvalue weighted by Crippen LogP contribution is 2.27. The monoisotopic (exact) mass is 304 g/mol. The van der Waals surface area contributed by atoms with Crippen molar-refractivity contribution >= 4 is 9.84 Å². The number of hydrogen-bond donors (Lipinski definition) is 0. The Bertz CT molecular complexity index is 723. The van der Waals surface area contributed by atoms with Crippen LogP contribution in [0, 0.1) is 0 Å². The Morgan fingerprint density at radius 1 is 0.905 bits per heavy atom. The molecule has 0 atom stereocenters. The normalized spacial score (nSPS) is 12.2. The number of hydrogen-bond acceptors (Lipinski definition) is 3. The molecule has 0 aliphatic heterocycles. The van der Waals surface area contributed by atoms with Crippen molar-refractivity contribution in [3.63, 3.8) is 0 Å². The van der Waals surface area contributed by atoms with E-state index in [2.05, 4.69) is 20.8 Å². The second kappa shape index (κ2) is 5.53. The molecule has 2 aromatic rings. The highest BCUT2D eigenvalue weighted by Gasteiger charge is 2.13. The van der Waals surface area contributed by atoms with Gasteiger partial charge in [-0.3, -0.25) is 0 Å². The first-order valence-corrected chi connectivity index (χ1v) is 8.64. The van der Waals surface area contributed by atoms with Crippen molar-refractivity contribution in [3.05, 3.63) is 54.1 Å². The summed E-state index contributed by atoms with van der Waals surface area (Å²) in [6.07, 6.45) is 1.18. The van der Waals surface area contributed by atoms with Gasteiger partial charge in [-0.25, -0.2) is 8.42 Å². The van der Waals surface area contributed by atoms with Crippen molar-refractivity contribution in [2.75, 3.05) is 6.26 Å². The van der Waals surface area contributed by atoms with Crippen LogP contribution in [-0.4, -0.2) is 14.7 Å². The lowest BCUT2D eigenvalue weighted by Gasteiger charge is -2.19. The summed E-state index contributed by atoms with van der Waals surface area (Å²) in [4.78, 5) is 0.256. The average Bonchev–Trinajstić information content (AvgIpc) is 2.37. The number of benzene rings is 2. The van der Waals surface area contributed by atoms with E-state index >= 15 is 0 Å². The van der Waals surface area contributed by atoms with Crippen molar-refractivity contribution in [1.29, 1.82) is 0 Å². The van der Waals surface area contributed by atoms with Gasteiger partial charge in [-0.1, -0.05) is 39.0 Å². The first-order chi connectivity index (χ1) is 9.66. The minimum absolute atomic E-state index is 0.0920. The average molecular weight is 304 g/mol. The van der Waals surface area contributed by atoms with E-state index < -0.39 is 9.84 Å². The highest BCUT2D eigenvalue weighted by molar-refractivity contribution is 7.90. The molecular weight excluding hydrogens is 284 g/mol. The molecule has 0 aliphatic rings. The van der Waals surface area contributed by atoms with Crippen LogP contribution >= 0.6 is 0 Å². The smallest absolute Gasteiger partial charge is 0.175 e. The lowest BCUT2D eigenvalue weighted by molar-refractivity contribution is 0.479. The lowest BCUT2D eigenvalue weighted by atomic mass is 9.87. The quantitative estimate of drug-likeness (QED) is 0.854. The zero-order chi connectivity index (χ0) is 15.7. The summed E-state index contributed by atoms with van der Waals surface area (Å²) in [5, 5.41) is 0. The molecular formula is C17H20O3S. The maximum absolute atomic E-state index is 11.5. The van der Waals surface area contributed by atoms with Gasteiger partial charge >= 0.3 is 0 Å². The fourth-order valence-corrected chi connectivity index (χ4v) is 2.58. The molecule has 21 heavy (non-hydrogen) atoms. The molecule has 3 nitrogen and oxygen atoms in total. The SMILES string of the molecule is CC(C)(C)c1ccc(Oc2cccc(S(C)(=O)=O)c2)cc1. The predicted octanol–water partition coefficient (Wildman–Crippen LogP) is 4.18. The third-order valence-corrected chi connectivity index (χ3v) is 4.30. The molecule has 4 heteroatoms. The summed E-state index contributed by atoms with van der Waals surface area (Å²) in [5.74, 6) is 1.20. The molecule has 2 aromatic carbocycles. The van der Waals surface area contributed by atoms with E-state index in [0.29, 0.717) is 11.5 Å². The summed E-state index contributed by atoms with van der Waals surface area (Å²) in [6.45, 7) is 6.45. The van der Waals surface area contributed by atoms with Gasteiger partial charge in [0, 0.05) is 6.26 Å². The molecule has 0 spiro atoms. The highest BCUT2D eigenvalue weighted by atomic mass is 32.2. The van der Waals surface area contributed by atoms with E-state index in [0.717, 1.165) is 0 Å². The molecule has 0 fully saturated rings. The van der Waals surface area contributed by atoms with Gasteiger partial charge < -0.3 is 4.74 Å². The molecule has 0 unspecified atom stereocenters. The van der Waals surface area contributed by atoms with Gasteiger partial charge in [-0.15, -0.1) is 0 Å². The third kappa shape index (κ3) is 4.08. The van der Waals surface area contributed by atoms with Crippen LogP contribution < -0.4 is 4.74 Å². The first kappa shape index (κ1) is 15.6. The van der Waals surface area contributed by atoms with Crippen LogP contribution in [0.25, 0.3) is 0 Å². The van der Waals surface area contributed by atoms with Crippen molar-refractivity contribution in [2.45, 2.75) is 31.1 Å². The molecule has 0 heterocycles. The van der Waals surface area contributed by atoms with Crippen LogP contribution in [0.3, 0.4) is 0 Å². The molecule has 112 valence electrons. The maximum atomic E-state index is 11.5. The molecule has 0 N–H and O–H groups in total. The van der Waals surface area contributed by atoms with E-state index in [-0.39, 0.29) is 10.3 Å². The molecule has 0 saturated heterocycles. The summed E-state index contributed by atoms with van der Waals surface area (Å²) >= 11 is 0. The fraction of sp³-hybridized carbons (Fsp3) is 0.294. The van der Waals surface area contributed by atoms with Gasteiger partial charge in [0.05, 0.1) is 4.90 Å². The van der Waals surface area contributed by atoms with Gasteiger partial charge in [0.1, 0.15) is 11.5 Å². The molecule has 0 bridgehead atoms. The molecule has 0 aromatic heterocycles. The fourth-order valence-electron chi connectivity index (χ4n) is 1.93. The van der Waals surface area contributed by atoms with E-state index in [9.17, 15) is 8.42 Å². The molecule has 0 amide bonds. The van der Waals surface area contributed by atoms with Crippen molar-refractivity contribution in [2.24, 2.45) is 0 Å². The first-order valence-electron chi connectivity index (χ1n) is 6.75. The molecule has 0 aliphatic carbocycles. The summed E-state index contributed by atoms with van der Waals surface area (Å²) in [7, 11) is -3.22. The second-order valence-corrected chi connectivity index (χ2v) is 8.14. The Kier molecular flexibility index (Phi) is 4.10. The number of ether oxygens (including phenoxy) is 1. The maximum Gasteiger partial charge on any atom is 0.175 e.